The van der Waals surface area contributed by atoms with E-state index in [1.165, 1.54) is 5.57 Å². The lowest BCUT2D eigenvalue weighted by molar-refractivity contribution is 0.118. The van der Waals surface area contributed by atoms with E-state index in [4.69, 9.17) is 4.74 Å². The number of nitrogens with zero attached hydrogens (tertiary/aromatic N) is 4. The number of ether oxygens (including phenoxy) is 1. The Balaban J connectivity index is 1.47. The summed E-state index contributed by atoms with van der Waals surface area (Å²) in [4.78, 5) is 24.6. The number of anilines is 1. The molecule has 2 amide bonds. The monoisotopic (exact) mass is 303 g/mol. The lowest BCUT2D eigenvalue weighted by Gasteiger charge is -2.34. The van der Waals surface area contributed by atoms with Gasteiger partial charge < -0.3 is 19.9 Å². The van der Waals surface area contributed by atoms with Gasteiger partial charge in [0.25, 0.3) is 0 Å². The molecule has 0 saturated carbocycles. The maximum atomic E-state index is 12.2. The molecule has 118 valence electrons. The molecule has 1 aromatic heterocycles. The molecule has 0 unspecified atom stereocenters. The number of carbonyl (C=O) groups excluding carboxylic acids is 1. The highest BCUT2D eigenvalue weighted by Gasteiger charge is 2.22. The van der Waals surface area contributed by atoms with Crippen LogP contribution in [-0.2, 0) is 4.74 Å². The maximum absolute atomic E-state index is 12.2. The molecule has 0 aromatic carbocycles. The molecular weight excluding hydrogens is 282 g/mol. The Hall–Kier alpha value is -2.15. The van der Waals surface area contributed by atoms with Crippen LogP contribution in [-0.4, -0.2) is 60.3 Å². The molecule has 3 rings (SSSR count). The molecular formula is C15H21N5O2. The molecule has 22 heavy (non-hydrogen) atoms. The molecule has 7 heteroatoms. The number of piperazine rings is 1. The second-order valence-electron chi connectivity index (χ2n) is 5.39. The van der Waals surface area contributed by atoms with Crippen LogP contribution in [0, 0.1) is 0 Å². The molecule has 2 aliphatic rings. The van der Waals surface area contributed by atoms with Crippen LogP contribution in [0.25, 0.3) is 0 Å². The van der Waals surface area contributed by atoms with Crippen LogP contribution in [0.5, 0.6) is 0 Å². The smallest absolute Gasteiger partial charge is 0.321 e. The van der Waals surface area contributed by atoms with Crippen molar-refractivity contribution in [3.8, 4) is 0 Å². The van der Waals surface area contributed by atoms with E-state index in [0.717, 1.165) is 45.1 Å². The largest absolute Gasteiger partial charge is 0.381 e. The zero-order valence-electron chi connectivity index (χ0n) is 12.6. The summed E-state index contributed by atoms with van der Waals surface area (Å²) in [7, 11) is 0. The fourth-order valence-corrected chi connectivity index (χ4v) is 2.60. The molecule has 1 aromatic rings. The van der Waals surface area contributed by atoms with Crippen LogP contribution in [0.1, 0.15) is 12.8 Å². The first kappa shape index (κ1) is 14.8. The molecule has 0 bridgehead atoms. The van der Waals surface area contributed by atoms with Gasteiger partial charge in [0.15, 0.2) is 0 Å². The second kappa shape index (κ2) is 7.22. The third-order valence-corrected chi connectivity index (χ3v) is 3.94. The summed E-state index contributed by atoms with van der Waals surface area (Å²) in [6, 6.07) is 1.77. The first-order chi connectivity index (χ1) is 10.8. The van der Waals surface area contributed by atoms with Gasteiger partial charge in [0.05, 0.1) is 13.2 Å². The van der Waals surface area contributed by atoms with Gasteiger partial charge in [-0.3, -0.25) is 0 Å². The molecule has 2 saturated heterocycles. The van der Waals surface area contributed by atoms with Crippen molar-refractivity contribution in [3.05, 3.63) is 30.2 Å². The van der Waals surface area contributed by atoms with Gasteiger partial charge in [0.1, 0.15) is 0 Å². The highest BCUT2D eigenvalue weighted by atomic mass is 16.5. The van der Waals surface area contributed by atoms with Crippen LogP contribution in [0.3, 0.4) is 0 Å². The lowest BCUT2D eigenvalue weighted by atomic mass is 10.1. The highest BCUT2D eigenvalue weighted by Crippen LogP contribution is 2.12. The zero-order chi connectivity index (χ0) is 15.2. The van der Waals surface area contributed by atoms with Crippen molar-refractivity contribution >= 4 is 12.0 Å². The van der Waals surface area contributed by atoms with E-state index in [-0.39, 0.29) is 6.03 Å². The summed E-state index contributed by atoms with van der Waals surface area (Å²) in [5, 5.41) is 2.90. The van der Waals surface area contributed by atoms with Gasteiger partial charge in [-0.2, -0.15) is 0 Å². The van der Waals surface area contributed by atoms with E-state index in [0.29, 0.717) is 13.1 Å². The van der Waals surface area contributed by atoms with Crippen molar-refractivity contribution in [2.75, 3.05) is 44.3 Å². The predicted molar refractivity (Wildman–Crippen MR) is 82.5 cm³/mol. The Morgan fingerprint density at radius 2 is 1.82 bits per heavy atom. The van der Waals surface area contributed by atoms with Crippen molar-refractivity contribution in [1.82, 2.24) is 20.2 Å². The minimum atomic E-state index is -0.0346. The maximum Gasteiger partial charge on any atom is 0.321 e. The second-order valence-corrected chi connectivity index (χ2v) is 5.39. The zero-order valence-corrected chi connectivity index (χ0v) is 12.6. The lowest BCUT2D eigenvalue weighted by Crippen LogP contribution is -2.51. The number of urea groups is 1. The van der Waals surface area contributed by atoms with Crippen LogP contribution >= 0.6 is 0 Å². The van der Waals surface area contributed by atoms with E-state index in [9.17, 15) is 4.79 Å². The number of rotatable bonds is 2. The molecule has 0 spiro atoms. The first-order valence-electron chi connectivity index (χ1n) is 7.66. The van der Waals surface area contributed by atoms with E-state index in [1.807, 2.05) is 11.1 Å². The summed E-state index contributed by atoms with van der Waals surface area (Å²) < 4.78 is 5.30. The summed E-state index contributed by atoms with van der Waals surface area (Å²) in [6.07, 6.45) is 7.12. The minimum Gasteiger partial charge on any atom is -0.381 e. The Kier molecular flexibility index (Phi) is 4.85. The number of amides is 2. The Morgan fingerprint density at radius 1 is 1.14 bits per heavy atom. The van der Waals surface area contributed by atoms with Gasteiger partial charge in [-0.15, -0.1) is 0 Å². The Labute approximate surface area is 130 Å². The summed E-state index contributed by atoms with van der Waals surface area (Å²) >= 11 is 0. The molecule has 1 N–H and O–H groups in total. The van der Waals surface area contributed by atoms with Crippen LogP contribution in [0.4, 0.5) is 10.7 Å². The molecule has 3 heterocycles. The van der Waals surface area contributed by atoms with E-state index in [1.54, 1.807) is 18.5 Å². The Bertz CT molecular complexity index is 518. The van der Waals surface area contributed by atoms with Gasteiger partial charge in [0, 0.05) is 44.8 Å². The predicted octanol–water partition coefficient (Wildman–Crippen LogP) is 1.00. The number of hydrogen-bond acceptors (Lipinski definition) is 5. The van der Waals surface area contributed by atoms with Gasteiger partial charge >= 0.3 is 6.03 Å². The number of nitrogens with one attached hydrogen (secondary N) is 1. The quantitative estimate of drug-likeness (QED) is 0.882. The summed E-state index contributed by atoms with van der Waals surface area (Å²) in [6.45, 7) is 4.35. The normalized spacial score (nSPS) is 19.0. The van der Waals surface area contributed by atoms with Crippen molar-refractivity contribution in [2.24, 2.45) is 0 Å². The van der Waals surface area contributed by atoms with Gasteiger partial charge in [-0.05, 0) is 24.5 Å². The molecule has 2 fully saturated rings. The summed E-state index contributed by atoms with van der Waals surface area (Å²) in [5.41, 5.74) is 1.25. The fraction of sp³-hybridized carbons (Fsp3) is 0.533. The number of hydrogen-bond donors (Lipinski definition) is 1. The number of aromatic nitrogens is 2. The van der Waals surface area contributed by atoms with Gasteiger partial charge in [-0.25, -0.2) is 14.8 Å². The molecule has 2 aliphatic heterocycles. The van der Waals surface area contributed by atoms with E-state index in [2.05, 4.69) is 20.2 Å². The fourth-order valence-electron chi connectivity index (χ4n) is 2.60. The molecule has 0 aliphatic carbocycles. The minimum absolute atomic E-state index is 0.0346. The Morgan fingerprint density at radius 3 is 2.50 bits per heavy atom. The molecule has 7 nitrogen and oxygen atoms in total. The average molecular weight is 303 g/mol. The molecule has 0 atom stereocenters. The average Bonchev–Trinajstić information content (AvgIpc) is 2.61. The number of carbonyl (C=O) groups is 1. The third-order valence-electron chi connectivity index (χ3n) is 3.94. The van der Waals surface area contributed by atoms with E-state index >= 15 is 0 Å². The van der Waals surface area contributed by atoms with Crippen LogP contribution in [0.2, 0.25) is 0 Å². The van der Waals surface area contributed by atoms with Crippen molar-refractivity contribution < 1.29 is 9.53 Å². The van der Waals surface area contributed by atoms with Crippen LogP contribution in [0.15, 0.2) is 30.2 Å². The summed E-state index contributed by atoms with van der Waals surface area (Å²) in [5.74, 6) is 0.729. The van der Waals surface area contributed by atoms with Crippen molar-refractivity contribution in [1.29, 1.82) is 0 Å². The van der Waals surface area contributed by atoms with E-state index < -0.39 is 0 Å². The topological polar surface area (TPSA) is 70.6 Å². The molecule has 0 radical (unpaired) electrons. The van der Waals surface area contributed by atoms with Crippen LogP contribution < -0.4 is 10.2 Å². The third kappa shape index (κ3) is 3.73. The highest BCUT2D eigenvalue weighted by molar-refractivity contribution is 5.75. The van der Waals surface area contributed by atoms with Crippen molar-refractivity contribution in [3.63, 3.8) is 0 Å². The van der Waals surface area contributed by atoms with Crippen molar-refractivity contribution in [2.45, 2.75) is 12.8 Å². The van der Waals surface area contributed by atoms with Gasteiger partial charge in [-0.1, -0.05) is 0 Å². The first-order valence-corrected chi connectivity index (χ1v) is 7.66. The standard InChI is InChI=1S/C15H21N5O2/c21-15(18-12-13-2-10-22-11-3-13)20-8-6-19(7-9-20)14-16-4-1-5-17-14/h1,4-5,12H,2-3,6-11H2,(H,18,21). The SMILES string of the molecule is O=C(NC=C1CCOCC1)N1CCN(c2ncccn2)CC1. The van der Waals surface area contributed by atoms with Gasteiger partial charge in [0.2, 0.25) is 5.95 Å².